The predicted molar refractivity (Wildman–Crippen MR) is 184 cm³/mol. The summed E-state index contributed by atoms with van der Waals surface area (Å²) < 4.78 is 13.8. The molecule has 0 spiro atoms. The lowest BCUT2D eigenvalue weighted by molar-refractivity contribution is 0.219. The maximum Gasteiger partial charge on any atom is 0.123 e. The minimum Gasteiger partial charge on any atom is -0.207 e. The summed E-state index contributed by atoms with van der Waals surface area (Å²) in [4.78, 5) is 0. The summed E-state index contributed by atoms with van der Waals surface area (Å²) in [5, 5.41) is 0. The van der Waals surface area contributed by atoms with E-state index < -0.39 is 0 Å². The Morgan fingerprint density at radius 2 is 1.58 bits per heavy atom. The van der Waals surface area contributed by atoms with E-state index in [0.717, 1.165) is 31.1 Å². The Morgan fingerprint density at radius 1 is 0.814 bits per heavy atom. The van der Waals surface area contributed by atoms with Gasteiger partial charge in [0.15, 0.2) is 0 Å². The lowest BCUT2D eigenvalue weighted by atomic mass is 9.69. The van der Waals surface area contributed by atoms with Gasteiger partial charge in [-0.3, -0.25) is 0 Å². The second kappa shape index (κ2) is 16.2. The van der Waals surface area contributed by atoms with Gasteiger partial charge in [0.2, 0.25) is 0 Å². The van der Waals surface area contributed by atoms with Crippen molar-refractivity contribution in [3.8, 4) is 0 Å². The fourth-order valence-electron chi connectivity index (χ4n) is 8.09. The molecule has 0 amide bonds. The van der Waals surface area contributed by atoms with Crippen molar-refractivity contribution in [2.24, 2.45) is 11.8 Å². The zero-order valence-corrected chi connectivity index (χ0v) is 26.7. The molecule has 1 saturated carbocycles. The van der Waals surface area contributed by atoms with E-state index in [1.165, 1.54) is 104 Å². The number of allylic oxidation sites excluding steroid dienone is 2. The Kier molecular flexibility index (Phi) is 11.9. The summed E-state index contributed by atoms with van der Waals surface area (Å²) in [5.41, 5.74) is 8.14. The lowest BCUT2D eigenvalue weighted by Gasteiger charge is -2.35. The van der Waals surface area contributed by atoms with Crippen LogP contribution in [0.2, 0.25) is 0 Å². The zero-order chi connectivity index (χ0) is 29.9. The molecule has 0 nitrogen and oxygen atoms in total. The molecule has 228 valence electrons. The van der Waals surface area contributed by atoms with Crippen LogP contribution in [0.25, 0.3) is 12.2 Å². The topological polar surface area (TPSA) is 0 Å². The Labute approximate surface area is 261 Å². The highest BCUT2D eigenvalue weighted by atomic mass is 19.1. The van der Waals surface area contributed by atoms with E-state index >= 15 is 0 Å². The Hall–Kier alpha value is -2.93. The van der Waals surface area contributed by atoms with Gasteiger partial charge in [-0.25, -0.2) is 4.39 Å². The SMILES string of the molecule is CC=Cc1ccc2c(c1)CCC(c1ccc(F)cc1)C2Cc1ccc(/C=C\CCCCC(CCC)C2CCCCC2)cc1. The van der Waals surface area contributed by atoms with Crippen LogP contribution in [-0.4, -0.2) is 0 Å². The molecule has 1 fully saturated rings. The van der Waals surface area contributed by atoms with Crippen LogP contribution in [0.4, 0.5) is 4.39 Å². The summed E-state index contributed by atoms with van der Waals surface area (Å²) in [5.74, 6) is 2.61. The lowest BCUT2D eigenvalue weighted by Crippen LogP contribution is -2.21. The Bertz CT molecular complexity index is 1310. The van der Waals surface area contributed by atoms with E-state index in [2.05, 4.69) is 80.6 Å². The number of aryl methyl sites for hydroxylation is 1. The highest BCUT2D eigenvalue weighted by molar-refractivity contribution is 5.54. The van der Waals surface area contributed by atoms with Crippen LogP contribution in [0.15, 0.2) is 78.9 Å². The van der Waals surface area contributed by atoms with Crippen molar-refractivity contribution < 1.29 is 4.39 Å². The first kappa shape index (κ1) is 31.5. The maximum atomic E-state index is 13.8. The molecule has 2 aliphatic rings. The average Bonchev–Trinajstić information content (AvgIpc) is 3.04. The first-order valence-corrected chi connectivity index (χ1v) is 17.4. The molecule has 5 rings (SSSR count). The van der Waals surface area contributed by atoms with Crippen molar-refractivity contribution in [1.29, 1.82) is 0 Å². The van der Waals surface area contributed by atoms with Crippen molar-refractivity contribution in [3.05, 3.63) is 118 Å². The molecule has 0 radical (unpaired) electrons. The van der Waals surface area contributed by atoms with Crippen LogP contribution in [0.1, 0.15) is 136 Å². The first-order valence-electron chi connectivity index (χ1n) is 17.4. The summed E-state index contributed by atoms with van der Waals surface area (Å²) in [6.07, 6.45) is 27.6. The third-order valence-electron chi connectivity index (χ3n) is 10.4. The van der Waals surface area contributed by atoms with Gasteiger partial charge in [-0.1, -0.05) is 144 Å². The van der Waals surface area contributed by atoms with Gasteiger partial charge in [-0.2, -0.15) is 0 Å². The molecule has 0 aliphatic heterocycles. The van der Waals surface area contributed by atoms with E-state index in [-0.39, 0.29) is 5.82 Å². The van der Waals surface area contributed by atoms with Crippen molar-refractivity contribution in [3.63, 3.8) is 0 Å². The van der Waals surface area contributed by atoms with Gasteiger partial charge < -0.3 is 0 Å². The van der Waals surface area contributed by atoms with E-state index in [1.807, 2.05) is 12.1 Å². The van der Waals surface area contributed by atoms with Gasteiger partial charge in [0.05, 0.1) is 0 Å². The third-order valence-corrected chi connectivity index (χ3v) is 10.4. The van der Waals surface area contributed by atoms with Crippen LogP contribution in [0.3, 0.4) is 0 Å². The van der Waals surface area contributed by atoms with Gasteiger partial charge in [0.1, 0.15) is 5.82 Å². The van der Waals surface area contributed by atoms with Crippen molar-refractivity contribution in [2.75, 3.05) is 0 Å². The molecule has 3 aromatic carbocycles. The number of rotatable bonds is 13. The molecular weight excluding hydrogens is 523 g/mol. The smallest absolute Gasteiger partial charge is 0.123 e. The Balaban J connectivity index is 1.19. The van der Waals surface area contributed by atoms with Gasteiger partial charge >= 0.3 is 0 Å². The molecule has 0 aromatic heterocycles. The molecular formula is C42H53F. The second-order valence-corrected chi connectivity index (χ2v) is 13.3. The number of halogens is 1. The molecule has 0 heterocycles. The molecule has 43 heavy (non-hydrogen) atoms. The van der Waals surface area contributed by atoms with Gasteiger partial charge in [-0.15, -0.1) is 0 Å². The van der Waals surface area contributed by atoms with Gasteiger partial charge in [0, 0.05) is 0 Å². The first-order chi connectivity index (χ1) is 21.1. The number of hydrogen-bond acceptors (Lipinski definition) is 0. The van der Waals surface area contributed by atoms with E-state index in [1.54, 1.807) is 12.1 Å². The van der Waals surface area contributed by atoms with Crippen molar-refractivity contribution in [1.82, 2.24) is 0 Å². The summed E-state index contributed by atoms with van der Waals surface area (Å²) in [7, 11) is 0. The second-order valence-electron chi connectivity index (χ2n) is 13.3. The van der Waals surface area contributed by atoms with Crippen LogP contribution >= 0.6 is 0 Å². The highest BCUT2D eigenvalue weighted by Crippen LogP contribution is 2.44. The fourth-order valence-corrected chi connectivity index (χ4v) is 8.09. The molecule has 3 aromatic rings. The van der Waals surface area contributed by atoms with E-state index in [9.17, 15) is 4.39 Å². The average molecular weight is 577 g/mol. The minimum absolute atomic E-state index is 0.156. The maximum absolute atomic E-state index is 13.8. The Morgan fingerprint density at radius 3 is 2.33 bits per heavy atom. The highest BCUT2D eigenvalue weighted by Gasteiger charge is 2.31. The summed E-state index contributed by atoms with van der Waals surface area (Å²) in [6.45, 7) is 4.44. The number of fused-ring (bicyclic) bond motifs is 1. The van der Waals surface area contributed by atoms with Crippen LogP contribution in [0.5, 0.6) is 0 Å². The quantitative estimate of drug-likeness (QED) is 0.178. The van der Waals surface area contributed by atoms with Crippen molar-refractivity contribution in [2.45, 2.75) is 116 Å². The largest absolute Gasteiger partial charge is 0.207 e. The van der Waals surface area contributed by atoms with Crippen molar-refractivity contribution >= 4 is 12.2 Å². The summed E-state index contributed by atoms with van der Waals surface area (Å²) >= 11 is 0. The molecule has 3 atom stereocenters. The predicted octanol–water partition coefficient (Wildman–Crippen LogP) is 12.5. The van der Waals surface area contributed by atoms with Crippen LogP contribution < -0.4 is 0 Å². The fraction of sp³-hybridized carbons (Fsp3) is 0.476. The van der Waals surface area contributed by atoms with Crippen LogP contribution in [0, 0.1) is 17.7 Å². The number of benzene rings is 3. The van der Waals surface area contributed by atoms with E-state index in [0.29, 0.717) is 11.8 Å². The third kappa shape index (κ3) is 8.81. The molecule has 0 bridgehead atoms. The standard InChI is InChI=1S/C42H53F/c1-3-12-33-22-28-41-38(30-33)25-29-40(37-23-26-39(43)27-24-37)42(41)31-34-20-18-32(19-21-34)14-8-5-6-9-15-35(13-4-2)36-16-10-7-11-17-36/h3,8,12,14,18-24,26-28,30,35-36,40,42H,4-7,9-11,13,15-17,25,29,31H2,1-2H3/b12-3?,14-8-. The molecule has 2 aliphatic carbocycles. The number of unbranched alkanes of at least 4 members (excludes halogenated alkanes) is 2. The summed E-state index contributed by atoms with van der Waals surface area (Å²) in [6, 6.07) is 23.4. The van der Waals surface area contributed by atoms with Crippen LogP contribution in [-0.2, 0) is 12.8 Å². The zero-order valence-electron chi connectivity index (χ0n) is 26.7. The van der Waals surface area contributed by atoms with Gasteiger partial charge in [0.25, 0.3) is 0 Å². The monoisotopic (exact) mass is 576 g/mol. The molecule has 0 N–H and O–H groups in total. The number of hydrogen-bond donors (Lipinski definition) is 0. The van der Waals surface area contributed by atoms with Gasteiger partial charge in [-0.05, 0) is 108 Å². The molecule has 0 saturated heterocycles. The normalized spacial score (nSPS) is 20.1. The molecule has 3 unspecified atom stereocenters. The minimum atomic E-state index is -0.156. The molecule has 1 heteroatoms. The van der Waals surface area contributed by atoms with E-state index in [4.69, 9.17) is 0 Å².